The van der Waals surface area contributed by atoms with Gasteiger partial charge in [-0.1, -0.05) is 18.3 Å². The molecule has 0 aromatic carbocycles. The van der Waals surface area contributed by atoms with Gasteiger partial charge in [-0.15, -0.1) is 0 Å². The highest BCUT2D eigenvalue weighted by molar-refractivity contribution is 7.18. The van der Waals surface area contributed by atoms with Gasteiger partial charge >= 0.3 is 6.18 Å². The highest BCUT2D eigenvalue weighted by Crippen LogP contribution is 2.29. The predicted octanol–water partition coefficient (Wildman–Crippen LogP) is 2.60. The van der Waals surface area contributed by atoms with Gasteiger partial charge in [-0.25, -0.2) is 4.98 Å². The minimum Gasteiger partial charge on any atom is -0.382 e. The van der Waals surface area contributed by atoms with Crippen molar-refractivity contribution in [1.82, 2.24) is 9.88 Å². The van der Waals surface area contributed by atoms with Gasteiger partial charge in [0.2, 0.25) is 0 Å². The Labute approximate surface area is 125 Å². The number of carbonyl (C=O) groups excluding carboxylic acids is 1. The fraction of sp³-hybridized carbons (Fsp3) is 0.667. The number of alkyl halides is 3. The number of halogens is 3. The third-order valence-corrected chi connectivity index (χ3v) is 3.96. The van der Waals surface area contributed by atoms with Crippen molar-refractivity contribution in [2.24, 2.45) is 0 Å². The van der Waals surface area contributed by atoms with Crippen molar-refractivity contribution in [2.45, 2.75) is 26.4 Å². The summed E-state index contributed by atoms with van der Waals surface area (Å²) in [5.41, 5.74) is 5.68. The summed E-state index contributed by atoms with van der Waals surface area (Å²) in [5.74, 6) is -0.747. The molecule has 21 heavy (non-hydrogen) atoms. The maximum absolute atomic E-state index is 12.5. The summed E-state index contributed by atoms with van der Waals surface area (Å²) in [7, 11) is 1.77. The molecule has 2 N–H and O–H groups in total. The Morgan fingerprint density at radius 3 is 2.48 bits per heavy atom. The maximum atomic E-state index is 12.5. The van der Waals surface area contributed by atoms with E-state index in [2.05, 4.69) is 4.98 Å². The topological polar surface area (TPSA) is 62.5 Å². The van der Waals surface area contributed by atoms with Crippen molar-refractivity contribution in [3.8, 4) is 0 Å². The van der Waals surface area contributed by atoms with Crippen LogP contribution in [0.25, 0.3) is 0 Å². The van der Waals surface area contributed by atoms with Crippen molar-refractivity contribution in [3.63, 3.8) is 0 Å². The second-order valence-corrected chi connectivity index (χ2v) is 5.54. The number of nitrogens with zero attached hydrogens (tertiary/aromatic N) is 3. The molecule has 0 spiro atoms. The molecule has 5 nitrogen and oxygen atoms in total. The lowest BCUT2D eigenvalue weighted by Crippen LogP contribution is -2.39. The average molecular weight is 324 g/mol. The summed E-state index contributed by atoms with van der Waals surface area (Å²) in [6.45, 7) is 3.00. The highest BCUT2D eigenvalue weighted by atomic mass is 32.1. The molecule has 0 bridgehead atoms. The molecule has 1 aromatic heterocycles. The van der Waals surface area contributed by atoms with Gasteiger partial charge in [0, 0.05) is 20.1 Å². The Balaban J connectivity index is 3.01. The fourth-order valence-electron chi connectivity index (χ4n) is 1.65. The summed E-state index contributed by atoms with van der Waals surface area (Å²) < 4.78 is 37.6. The summed E-state index contributed by atoms with van der Waals surface area (Å²) in [6, 6.07) is 0. The van der Waals surface area contributed by atoms with Gasteiger partial charge < -0.3 is 15.5 Å². The lowest BCUT2D eigenvalue weighted by atomic mass is 10.3. The number of rotatable bonds is 6. The molecule has 1 aromatic rings. The largest absolute Gasteiger partial charge is 0.406 e. The van der Waals surface area contributed by atoms with Gasteiger partial charge in [0.25, 0.3) is 5.91 Å². The third kappa shape index (κ3) is 4.76. The predicted molar refractivity (Wildman–Crippen MR) is 77.7 cm³/mol. The van der Waals surface area contributed by atoms with Gasteiger partial charge in [0.1, 0.15) is 17.2 Å². The fourth-order valence-corrected chi connectivity index (χ4v) is 2.63. The third-order valence-electron chi connectivity index (χ3n) is 2.79. The minimum absolute atomic E-state index is 0.0225. The first kappa shape index (κ1) is 17.5. The van der Waals surface area contributed by atoms with E-state index in [9.17, 15) is 18.0 Å². The molecule has 1 amide bonds. The Morgan fingerprint density at radius 1 is 1.38 bits per heavy atom. The molecule has 0 atom stereocenters. The highest BCUT2D eigenvalue weighted by Gasteiger charge is 2.34. The van der Waals surface area contributed by atoms with Crippen LogP contribution < -0.4 is 10.6 Å². The quantitative estimate of drug-likeness (QED) is 0.874. The molecule has 9 heteroatoms. The smallest absolute Gasteiger partial charge is 0.382 e. The molecule has 0 aliphatic rings. The van der Waals surface area contributed by atoms with E-state index < -0.39 is 18.6 Å². The number of amides is 1. The lowest BCUT2D eigenvalue weighted by Gasteiger charge is -2.22. The Morgan fingerprint density at radius 2 is 2.00 bits per heavy atom. The SMILES string of the molecule is CCCN(CC(F)(F)F)C(=O)c1sc(N(C)CC)nc1N. The molecule has 120 valence electrons. The van der Waals surface area contributed by atoms with E-state index in [0.717, 1.165) is 16.2 Å². The number of carbonyl (C=O) groups is 1. The molecular formula is C12H19F3N4OS. The maximum Gasteiger partial charge on any atom is 0.406 e. The van der Waals surface area contributed by atoms with Crippen LogP contribution in [-0.2, 0) is 0 Å². The second kappa shape index (κ2) is 6.97. The molecule has 0 fully saturated rings. The first-order chi connectivity index (χ1) is 9.69. The van der Waals surface area contributed by atoms with E-state index in [-0.39, 0.29) is 17.2 Å². The first-order valence-corrected chi connectivity index (χ1v) is 7.34. The number of hydrogen-bond donors (Lipinski definition) is 1. The lowest BCUT2D eigenvalue weighted by molar-refractivity contribution is -0.140. The van der Waals surface area contributed by atoms with Crippen LogP contribution in [0.1, 0.15) is 29.9 Å². The van der Waals surface area contributed by atoms with E-state index in [1.165, 1.54) is 0 Å². The molecule has 0 unspecified atom stereocenters. The molecule has 0 saturated heterocycles. The van der Waals surface area contributed by atoms with E-state index in [1.807, 2.05) is 6.92 Å². The average Bonchev–Trinajstić information content (AvgIpc) is 2.77. The van der Waals surface area contributed by atoms with Gasteiger partial charge in [0.05, 0.1) is 0 Å². The van der Waals surface area contributed by atoms with Crippen LogP contribution in [0.2, 0.25) is 0 Å². The van der Waals surface area contributed by atoms with E-state index >= 15 is 0 Å². The first-order valence-electron chi connectivity index (χ1n) is 6.53. The number of anilines is 2. The zero-order valence-corrected chi connectivity index (χ0v) is 13.0. The summed E-state index contributed by atoms with van der Waals surface area (Å²) in [6.07, 6.45) is -4.00. The van der Waals surface area contributed by atoms with Gasteiger partial charge in [-0.2, -0.15) is 13.2 Å². The van der Waals surface area contributed by atoms with Crippen molar-refractivity contribution in [3.05, 3.63) is 4.88 Å². The van der Waals surface area contributed by atoms with Gasteiger partial charge in [-0.3, -0.25) is 4.79 Å². The normalized spacial score (nSPS) is 11.5. The standard InChI is InChI=1S/C12H19F3N4OS/c1-4-6-19(7-12(13,14)15)10(20)8-9(16)17-11(21-8)18(3)5-2/h4-7,16H2,1-3H3. The van der Waals surface area contributed by atoms with E-state index in [1.54, 1.807) is 18.9 Å². The molecule has 0 saturated carbocycles. The summed E-state index contributed by atoms with van der Waals surface area (Å²) in [5, 5.41) is 0.516. The number of hydrogen-bond acceptors (Lipinski definition) is 5. The van der Waals surface area contributed by atoms with Crippen molar-refractivity contribution >= 4 is 28.2 Å². The van der Waals surface area contributed by atoms with E-state index in [0.29, 0.717) is 18.1 Å². The number of aromatic nitrogens is 1. The minimum atomic E-state index is -4.44. The monoisotopic (exact) mass is 324 g/mol. The van der Waals surface area contributed by atoms with Crippen molar-refractivity contribution in [2.75, 3.05) is 37.3 Å². The molecule has 0 aliphatic carbocycles. The molecule has 0 aliphatic heterocycles. The van der Waals surface area contributed by atoms with Crippen LogP contribution in [-0.4, -0.2) is 48.6 Å². The number of nitrogen functional groups attached to an aromatic ring is 1. The van der Waals surface area contributed by atoms with Gasteiger partial charge in [0.15, 0.2) is 5.13 Å². The van der Waals surface area contributed by atoms with Crippen molar-refractivity contribution in [1.29, 1.82) is 0 Å². The molecule has 0 radical (unpaired) electrons. The van der Waals surface area contributed by atoms with Crippen LogP contribution >= 0.6 is 11.3 Å². The number of nitrogens with two attached hydrogens (primary N) is 1. The summed E-state index contributed by atoms with van der Waals surface area (Å²) in [4.78, 5) is 18.9. The van der Waals surface area contributed by atoms with Crippen molar-refractivity contribution < 1.29 is 18.0 Å². The zero-order chi connectivity index (χ0) is 16.2. The van der Waals surface area contributed by atoms with Crippen LogP contribution in [0.4, 0.5) is 24.1 Å². The Kier molecular flexibility index (Phi) is 5.82. The Hall–Kier alpha value is -1.51. The van der Waals surface area contributed by atoms with Crippen LogP contribution in [0.5, 0.6) is 0 Å². The van der Waals surface area contributed by atoms with Crippen LogP contribution in [0, 0.1) is 0 Å². The zero-order valence-electron chi connectivity index (χ0n) is 12.2. The molecular weight excluding hydrogens is 305 g/mol. The summed E-state index contributed by atoms with van der Waals surface area (Å²) >= 11 is 1.01. The van der Waals surface area contributed by atoms with Crippen LogP contribution in [0.3, 0.4) is 0 Å². The molecule has 1 heterocycles. The van der Waals surface area contributed by atoms with E-state index in [4.69, 9.17) is 5.73 Å². The second-order valence-electron chi connectivity index (χ2n) is 4.57. The molecule has 1 rings (SSSR count). The van der Waals surface area contributed by atoms with Gasteiger partial charge in [-0.05, 0) is 13.3 Å². The number of thiazole rings is 1. The Bertz CT molecular complexity index is 489. The van der Waals surface area contributed by atoms with Crippen LogP contribution in [0.15, 0.2) is 0 Å².